The molecule has 0 saturated heterocycles. The van der Waals surface area contributed by atoms with Gasteiger partial charge in [0.05, 0.1) is 0 Å². The highest BCUT2D eigenvalue weighted by molar-refractivity contribution is 5.24. The van der Waals surface area contributed by atoms with Crippen LogP contribution in [-0.4, -0.2) is 6.54 Å². The second-order valence-corrected chi connectivity index (χ2v) is 5.84. The summed E-state index contributed by atoms with van der Waals surface area (Å²) in [5.41, 5.74) is 2.53. The topological polar surface area (TPSA) is 12.0 Å². The smallest absolute Gasteiger partial charge is 0.127 e. The summed E-state index contributed by atoms with van der Waals surface area (Å²) in [5.74, 6) is 0.886. The summed E-state index contributed by atoms with van der Waals surface area (Å²) >= 11 is 0. The van der Waals surface area contributed by atoms with Crippen LogP contribution < -0.4 is 5.32 Å². The Balaban J connectivity index is 1.55. The molecule has 1 N–H and O–H groups in total. The molecule has 0 unspecified atom stereocenters. The van der Waals surface area contributed by atoms with Gasteiger partial charge in [-0.1, -0.05) is 17.7 Å². The summed E-state index contributed by atoms with van der Waals surface area (Å²) in [6, 6.07) is 5.34. The lowest BCUT2D eigenvalue weighted by Gasteiger charge is -2.15. The minimum absolute atomic E-state index is 0.0839. The van der Waals surface area contributed by atoms with E-state index in [0.29, 0.717) is 12.0 Å². The van der Waals surface area contributed by atoms with Gasteiger partial charge >= 0.3 is 0 Å². The van der Waals surface area contributed by atoms with Crippen molar-refractivity contribution in [2.45, 2.75) is 39.2 Å². The molecular weight excluding hydrogens is 213 g/mol. The molecule has 0 heterocycles. The third-order valence-electron chi connectivity index (χ3n) is 4.33. The summed E-state index contributed by atoms with van der Waals surface area (Å²) < 4.78 is 13.5. The van der Waals surface area contributed by atoms with Crippen molar-refractivity contribution >= 4 is 0 Å². The Morgan fingerprint density at radius 3 is 2.76 bits per heavy atom. The summed E-state index contributed by atoms with van der Waals surface area (Å²) in [7, 11) is 0. The molecular formula is C15H20FN. The van der Waals surface area contributed by atoms with E-state index in [1.54, 1.807) is 6.07 Å². The molecule has 3 rings (SSSR count). The van der Waals surface area contributed by atoms with E-state index < -0.39 is 0 Å². The summed E-state index contributed by atoms with van der Waals surface area (Å²) in [6.45, 7) is 3.75. The van der Waals surface area contributed by atoms with Gasteiger partial charge in [0.25, 0.3) is 0 Å². The van der Waals surface area contributed by atoms with Crippen LogP contribution in [0.1, 0.15) is 36.8 Å². The average molecular weight is 233 g/mol. The first-order chi connectivity index (χ1) is 8.20. The van der Waals surface area contributed by atoms with Crippen LogP contribution in [0.5, 0.6) is 0 Å². The molecule has 2 saturated carbocycles. The molecule has 2 aliphatic rings. The molecule has 0 atom stereocenters. The number of hydrogen-bond acceptors (Lipinski definition) is 1. The quantitative estimate of drug-likeness (QED) is 0.821. The first kappa shape index (κ1) is 11.2. The molecule has 1 nitrogen and oxygen atoms in total. The van der Waals surface area contributed by atoms with Crippen molar-refractivity contribution in [1.82, 2.24) is 5.32 Å². The van der Waals surface area contributed by atoms with Crippen molar-refractivity contribution in [2.75, 3.05) is 6.54 Å². The van der Waals surface area contributed by atoms with Gasteiger partial charge in [0.2, 0.25) is 0 Å². The lowest BCUT2D eigenvalue weighted by Crippen LogP contribution is -2.25. The Hall–Kier alpha value is -0.890. The van der Waals surface area contributed by atoms with Crippen LogP contribution in [0.15, 0.2) is 18.2 Å². The average Bonchev–Trinajstić information content (AvgIpc) is 3.14. The number of halogens is 1. The maximum absolute atomic E-state index is 13.5. The predicted molar refractivity (Wildman–Crippen MR) is 67.2 cm³/mol. The molecule has 17 heavy (non-hydrogen) atoms. The fourth-order valence-electron chi connectivity index (χ4n) is 2.87. The normalized spacial score (nSPS) is 21.5. The van der Waals surface area contributed by atoms with Crippen molar-refractivity contribution in [3.05, 3.63) is 35.1 Å². The highest BCUT2D eigenvalue weighted by Crippen LogP contribution is 2.60. The van der Waals surface area contributed by atoms with Crippen molar-refractivity contribution in [3.8, 4) is 0 Å². The minimum atomic E-state index is -0.0839. The van der Waals surface area contributed by atoms with E-state index in [1.165, 1.54) is 25.7 Å². The van der Waals surface area contributed by atoms with Crippen LogP contribution in [0.25, 0.3) is 0 Å². The van der Waals surface area contributed by atoms with E-state index in [2.05, 4.69) is 5.32 Å². The lowest BCUT2D eigenvalue weighted by atomic mass is 10.0. The van der Waals surface area contributed by atoms with Crippen molar-refractivity contribution in [1.29, 1.82) is 0 Å². The van der Waals surface area contributed by atoms with Crippen molar-refractivity contribution < 1.29 is 4.39 Å². The maximum Gasteiger partial charge on any atom is 0.127 e. The molecule has 0 amide bonds. The highest BCUT2D eigenvalue weighted by atomic mass is 19.1. The van der Waals surface area contributed by atoms with E-state index in [4.69, 9.17) is 0 Å². The molecule has 0 spiro atoms. The molecule has 1 aromatic rings. The van der Waals surface area contributed by atoms with E-state index in [0.717, 1.165) is 23.6 Å². The third kappa shape index (κ3) is 2.37. The Kier molecular flexibility index (Phi) is 2.70. The van der Waals surface area contributed by atoms with Crippen LogP contribution in [-0.2, 0) is 6.54 Å². The van der Waals surface area contributed by atoms with E-state index in [9.17, 15) is 4.39 Å². The van der Waals surface area contributed by atoms with Gasteiger partial charge in [-0.15, -0.1) is 0 Å². The summed E-state index contributed by atoms with van der Waals surface area (Å²) in [5, 5.41) is 3.45. The standard InChI is InChI=1S/C15H20FN/c1-11-2-5-14(16)12(8-11)9-17-10-15(6-7-15)13-3-4-13/h2,5,8,13,17H,3-4,6-7,9-10H2,1H3. The Bertz CT molecular complexity index is 419. The molecule has 92 valence electrons. The van der Waals surface area contributed by atoms with E-state index in [-0.39, 0.29) is 5.82 Å². The van der Waals surface area contributed by atoms with Gasteiger partial charge in [-0.2, -0.15) is 0 Å². The first-order valence-corrected chi connectivity index (χ1v) is 6.65. The molecule has 0 radical (unpaired) electrons. The second kappa shape index (κ2) is 4.09. The van der Waals surface area contributed by atoms with Crippen LogP contribution >= 0.6 is 0 Å². The van der Waals surface area contributed by atoms with E-state index in [1.807, 2.05) is 19.1 Å². The van der Waals surface area contributed by atoms with Gasteiger partial charge in [0.1, 0.15) is 5.82 Å². The zero-order valence-corrected chi connectivity index (χ0v) is 10.4. The first-order valence-electron chi connectivity index (χ1n) is 6.65. The minimum Gasteiger partial charge on any atom is -0.312 e. The van der Waals surface area contributed by atoms with Crippen molar-refractivity contribution in [3.63, 3.8) is 0 Å². The van der Waals surface area contributed by atoms with Gasteiger partial charge in [0.15, 0.2) is 0 Å². The van der Waals surface area contributed by atoms with Gasteiger partial charge in [-0.05, 0) is 50.0 Å². The largest absolute Gasteiger partial charge is 0.312 e. The van der Waals surface area contributed by atoms with Gasteiger partial charge in [-0.3, -0.25) is 0 Å². The monoisotopic (exact) mass is 233 g/mol. The molecule has 2 fully saturated rings. The second-order valence-electron chi connectivity index (χ2n) is 5.84. The van der Waals surface area contributed by atoms with Gasteiger partial charge < -0.3 is 5.32 Å². The molecule has 0 aliphatic heterocycles. The number of rotatable bonds is 5. The number of hydrogen-bond donors (Lipinski definition) is 1. The van der Waals surface area contributed by atoms with Crippen LogP contribution in [0.3, 0.4) is 0 Å². The highest BCUT2D eigenvalue weighted by Gasteiger charge is 2.53. The van der Waals surface area contributed by atoms with Crippen LogP contribution in [0.2, 0.25) is 0 Å². The summed E-state index contributed by atoms with van der Waals surface area (Å²) in [6.07, 6.45) is 5.59. The summed E-state index contributed by atoms with van der Waals surface area (Å²) in [4.78, 5) is 0. The van der Waals surface area contributed by atoms with Crippen LogP contribution in [0.4, 0.5) is 4.39 Å². The Morgan fingerprint density at radius 2 is 2.12 bits per heavy atom. The fraction of sp³-hybridized carbons (Fsp3) is 0.600. The Morgan fingerprint density at radius 1 is 1.35 bits per heavy atom. The third-order valence-corrected chi connectivity index (χ3v) is 4.33. The molecule has 2 heteroatoms. The predicted octanol–water partition coefficient (Wildman–Crippen LogP) is 3.41. The van der Waals surface area contributed by atoms with Gasteiger partial charge in [0, 0.05) is 18.7 Å². The van der Waals surface area contributed by atoms with Crippen molar-refractivity contribution in [2.24, 2.45) is 11.3 Å². The SMILES string of the molecule is Cc1ccc(F)c(CNCC2(C3CC3)CC2)c1. The molecule has 0 bridgehead atoms. The number of aryl methyl sites for hydroxylation is 1. The zero-order chi connectivity index (χ0) is 11.9. The zero-order valence-electron chi connectivity index (χ0n) is 10.4. The lowest BCUT2D eigenvalue weighted by molar-refractivity contribution is 0.401. The molecule has 1 aromatic carbocycles. The molecule has 2 aliphatic carbocycles. The van der Waals surface area contributed by atoms with E-state index >= 15 is 0 Å². The fourth-order valence-corrected chi connectivity index (χ4v) is 2.87. The Labute approximate surface area is 102 Å². The number of nitrogens with one attached hydrogen (secondary N) is 1. The maximum atomic E-state index is 13.5. The van der Waals surface area contributed by atoms with Gasteiger partial charge in [-0.25, -0.2) is 4.39 Å². The van der Waals surface area contributed by atoms with Crippen LogP contribution in [0, 0.1) is 24.1 Å². The number of benzene rings is 1. The molecule has 0 aromatic heterocycles.